The van der Waals surface area contributed by atoms with E-state index in [9.17, 15) is 8.42 Å². The lowest BCUT2D eigenvalue weighted by Gasteiger charge is -2.23. The summed E-state index contributed by atoms with van der Waals surface area (Å²) in [7, 11) is -1.45. The van der Waals surface area contributed by atoms with Gasteiger partial charge >= 0.3 is 0 Å². The molecule has 2 aromatic carbocycles. The third-order valence-corrected chi connectivity index (χ3v) is 6.47. The zero-order valence-corrected chi connectivity index (χ0v) is 17.0. The Morgan fingerprint density at radius 2 is 1.62 bits per heavy atom. The Kier molecular flexibility index (Phi) is 6.84. The fourth-order valence-electron chi connectivity index (χ4n) is 2.71. The number of sulfonamides is 1. The van der Waals surface area contributed by atoms with Gasteiger partial charge in [0.1, 0.15) is 0 Å². The van der Waals surface area contributed by atoms with Gasteiger partial charge in [-0.2, -0.15) is 0 Å². The number of nitrogens with one attached hydrogen (secondary N) is 1. The molecule has 0 spiro atoms. The maximum absolute atomic E-state index is 12.5. The molecule has 0 radical (unpaired) electrons. The van der Waals surface area contributed by atoms with Crippen molar-refractivity contribution >= 4 is 15.7 Å². The van der Waals surface area contributed by atoms with Gasteiger partial charge in [0, 0.05) is 25.8 Å². The van der Waals surface area contributed by atoms with Crippen LogP contribution in [0.2, 0.25) is 0 Å². The monoisotopic (exact) mass is 374 g/mol. The van der Waals surface area contributed by atoms with Crippen LogP contribution in [0.5, 0.6) is 0 Å². The highest BCUT2D eigenvalue weighted by Crippen LogP contribution is 2.27. The molecule has 0 fully saturated rings. The van der Waals surface area contributed by atoms with Gasteiger partial charge in [0.2, 0.25) is 10.0 Å². The zero-order chi connectivity index (χ0) is 19.2. The Balaban J connectivity index is 1.89. The van der Waals surface area contributed by atoms with E-state index >= 15 is 0 Å². The largest absolute Gasteiger partial charge is 0.375 e. The van der Waals surface area contributed by atoms with Crippen LogP contribution in [0.4, 0.5) is 5.69 Å². The van der Waals surface area contributed by atoms with E-state index in [0.29, 0.717) is 11.4 Å². The number of nitrogens with zero attached hydrogens (tertiary/aromatic N) is 1. The Bertz CT molecular complexity index is 785. The van der Waals surface area contributed by atoms with Gasteiger partial charge < -0.3 is 4.90 Å². The molecule has 0 heterocycles. The molecule has 0 aliphatic rings. The van der Waals surface area contributed by atoms with Gasteiger partial charge in [-0.3, -0.25) is 0 Å². The lowest BCUT2D eigenvalue weighted by atomic mass is 9.82. The summed E-state index contributed by atoms with van der Waals surface area (Å²) < 4.78 is 27.6. The minimum atomic E-state index is -3.46. The third kappa shape index (κ3) is 5.32. The maximum atomic E-state index is 12.5. The van der Waals surface area contributed by atoms with Gasteiger partial charge in [-0.25, -0.2) is 13.1 Å². The molecule has 2 rings (SSSR count). The molecule has 5 heteroatoms. The van der Waals surface area contributed by atoms with E-state index in [2.05, 4.69) is 30.4 Å². The van der Waals surface area contributed by atoms with Crippen molar-refractivity contribution in [2.45, 2.75) is 43.9 Å². The second-order valence-electron chi connectivity index (χ2n) is 7.27. The molecular weight excluding hydrogens is 344 g/mol. The molecule has 0 atom stereocenters. The highest BCUT2D eigenvalue weighted by molar-refractivity contribution is 7.89. The predicted octanol–water partition coefficient (Wildman–Crippen LogP) is 4.18. The van der Waals surface area contributed by atoms with Crippen molar-refractivity contribution in [3.05, 3.63) is 60.2 Å². The average molecular weight is 375 g/mol. The van der Waals surface area contributed by atoms with Crippen molar-refractivity contribution < 1.29 is 8.42 Å². The maximum Gasteiger partial charge on any atom is 0.240 e. The van der Waals surface area contributed by atoms with E-state index in [1.807, 2.05) is 49.5 Å². The van der Waals surface area contributed by atoms with Crippen molar-refractivity contribution in [2.75, 3.05) is 25.0 Å². The van der Waals surface area contributed by atoms with E-state index in [4.69, 9.17) is 0 Å². The summed E-state index contributed by atoms with van der Waals surface area (Å²) >= 11 is 0. The Morgan fingerprint density at radius 3 is 2.19 bits per heavy atom. The fourth-order valence-corrected chi connectivity index (χ4v) is 3.78. The van der Waals surface area contributed by atoms with Crippen molar-refractivity contribution in [2.24, 2.45) is 0 Å². The number of benzene rings is 2. The number of para-hydroxylation sites is 1. The standard InChI is InChI=1S/C21H30N2O2S/c1-5-21(2,3)18-12-14-20(15-13-18)26(24,25)22-16-9-17-23(4)19-10-7-6-8-11-19/h6-8,10-15,22H,5,9,16-17H2,1-4H3. The highest BCUT2D eigenvalue weighted by atomic mass is 32.2. The van der Waals surface area contributed by atoms with Gasteiger partial charge in [0.05, 0.1) is 4.90 Å². The highest BCUT2D eigenvalue weighted by Gasteiger charge is 2.19. The van der Waals surface area contributed by atoms with Gasteiger partial charge in [-0.1, -0.05) is 51.1 Å². The Labute approximate surface area is 158 Å². The first-order chi connectivity index (χ1) is 12.3. The normalized spacial score (nSPS) is 12.2. The van der Waals surface area contributed by atoms with Crippen LogP contribution in [-0.4, -0.2) is 28.6 Å². The van der Waals surface area contributed by atoms with E-state index in [-0.39, 0.29) is 5.41 Å². The van der Waals surface area contributed by atoms with Crippen molar-refractivity contribution in [3.63, 3.8) is 0 Å². The second kappa shape index (κ2) is 8.69. The first-order valence-corrected chi connectivity index (χ1v) is 10.6. The summed E-state index contributed by atoms with van der Waals surface area (Å²) in [5, 5.41) is 0. The SMILES string of the molecule is CCC(C)(C)c1ccc(S(=O)(=O)NCCCN(C)c2ccccc2)cc1. The van der Waals surface area contributed by atoms with Crippen LogP contribution in [0.25, 0.3) is 0 Å². The smallest absolute Gasteiger partial charge is 0.240 e. The average Bonchev–Trinajstić information content (AvgIpc) is 2.66. The molecule has 142 valence electrons. The van der Waals surface area contributed by atoms with Crippen LogP contribution in [0.15, 0.2) is 59.5 Å². The van der Waals surface area contributed by atoms with Gasteiger partial charge in [0.25, 0.3) is 0 Å². The van der Waals surface area contributed by atoms with E-state index in [1.54, 1.807) is 12.1 Å². The molecule has 0 amide bonds. The minimum absolute atomic E-state index is 0.0533. The van der Waals surface area contributed by atoms with Crippen LogP contribution in [-0.2, 0) is 15.4 Å². The van der Waals surface area contributed by atoms with Crippen LogP contribution < -0.4 is 9.62 Å². The Hall–Kier alpha value is -1.85. The molecule has 0 aliphatic heterocycles. The summed E-state index contributed by atoms with van der Waals surface area (Å²) in [4.78, 5) is 2.44. The van der Waals surface area contributed by atoms with Gasteiger partial charge in [0.15, 0.2) is 0 Å². The molecule has 2 aromatic rings. The molecule has 0 bridgehead atoms. The number of anilines is 1. The van der Waals surface area contributed by atoms with Crippen molar-refractivity contribution in [3.8, 4) is 0 Å². The lowest BCUT2D eigenvalue weighted by molar-refractivity contribution is 0.505. The lowest BCUT2D eigenvalue weighted by Crippen LogP contribution is -2.28. The first-order valence-electron chi connectivity index (χ1n) is 9.12. The summed E-state index contributed by atoms with van der Waals surface area (Å²) in [6, 6.07) is 17.3. The molecule has 4 nitrogen and oxygen atoms in total. The van der Waals surface area contributed by atoms with E-state index in [0.717, 1.165) is 30.6 Å². The fraction of sp³-hybridized carbons (Fsp3) is 0.429. The molecular formula is C21H30N2O2S. The topological polar surface area (TPSA) is 49.4 Å². The van der Waals surface area contributed by atoms with Gasteiger partial charge in [-0.15, -0.1) is 0 Å². The van der Waals surface area contributed by atoms with Crippen molar-refractivity contribution in [1.29, 1.82) is 0 Å². The quantitative estimate of drug-likeness (QED) is 0.670. The van der Waals surface area contributed by atoms with E-state index < -0.39 is 10.0 Å². The number of hydrogen-bond acceptors (Lipinski definition) is 3. The van der Waals surface area contributed by atoms with Crippen LogP contribution >= 0.6 is 0 Å². The number of hydrogen-bond donors (Lipinski definition) is 1. The molecule has 26 heavy (non-hydrogen) atoms. The molecule has 0 saturated carbocycles. The summed E-state index contributed by atoms with van der Waals surface area (Å²) in [5.74, 6) is 0. The van der Waals surface area contributed by atoms with Crippen molar-refractivity contribution in [1.82, 2.24) is 4.72 Å². The van der Waals surface area contributed by atoms with Gasteiger partial charge in [-0.05, 0) is 48.1 Å². The van der Waals surface area contributed by atoms with E-state index in [1.165, 1.54) is 0 Å². The van der Waals surface area contributed by atoms with Crippen LogP contribution in [0.1, 0.15) is 39.2 Å². The second-order valence-corrected chi connectivity index (χ2v) is 9.04. The molecule has 0 unspecified atom stereocenters. The number of rotatable bonds is 9. The summed E-state index contributed by atoms with van der Waals surface area (Å²) in [6.07, 6.45) is 1.75. The summed E-state index contributed by atoms with van der Waals surface area (Å²) in [6.45, 7) is 7.67. The first kappa shape index (κ1) is 20.5. The zero-order valence-electron chi connectivity index (χ0n) is 16.2. The molecule has 1 N–H and O–H groups in total. The predicted molar refractivity (Wildman–Crippen MR) is 109 cm³/mol. The van der Waals surface area contributed by atoms with Crippen LogP contribution in [0.3, 0.4) is 0 Å². The Morgan fingerprint density at radius 1 is 1.00 bits per heavy atom. The molecule has 0 aromatic heterocycles. The third-order valence-electron chi connectivity index (χ3n) is 4.99. The molecule has 0 saturated heterocycles. The van der Waals surface area contributed by atoms with Crippen LogP contribution in [0, 0.1) is 0 Å². The minimum Gasteiger partial charge on any atom is -0.375 e. The summed E-state index contributed by atoms with van der Waals surface area (Å²) in [5.41, 5.74) is 2.34. The molecule has 0 aliphatic carbocycles.